The van der Waals surface area contributed by atoms with Crippen molar-refractivity contribution in [3.05, 3.63) is 35.9 Å². The minimum absolute atomic E-state index is 0.740. The molecule has 1 atom stereocenters. The Morgan fingerprint density at radius 2 is 2.12 bits per heavy atom. The van der Waals surface area contributed by atoms with Gasteiger partial charge in [-0.3, -0.25) is 0 Å². The molecule has 0 N–H and O–H groups in total. The van der Waals surface area contributed by atoms with E-state index in [0.29, 0.717) is 0 Å². The van der Waals surface area contributed by atoms with Crippen molar-refractivity contribution in [3.63, 3.8) is 0 Å². The lowest BCUT2D eigenvalue weighted by Gasteiger charge is -2.14. The first-order valence-corrected chi connectivity index (χ1v) is 6.18. The highest BCUT2D eigenvalue weighted by Gasteiger charge is 2.17. The summed E-state index contributed by atoms with van der Waals surface area (Å²) in [6.07, 6.45) is 1.35. The Hall–Kier alpha value is -0.860. The third-order valence-corrected chi connectivity index (χ3v) is 3.17. The maximum Gasteiger partial charge on any atom is 0.0717 e. The van der Waals surface area contributed by atoms with Crippen molar-refractivity contribution in [1.82, 2.24) is 4.90 Å². The average Bonchev–Trinajstić information content (AvgIpc) is 2.72. The van der Waals surface area contributed by atoms with Crippen LogP contribution >= 0.6 is 0 Å². The molecule has 2 heteroatoms. The van der Waals surface area contributed by atoms with E-state index in [-0.39, 0.29) is 0 Å². The summed E-state index contributed by atoms with van der Waals surface area (Å²) < 4.78 is 5.68. The zero-order chi connectivity index (χ0) is 11.2. The molecule has 1 aromatic carbocycles. The Morgan fingerprint density at radius 1 is 1.31 bits per heavy atom. The molecule has 1 saturated heterocycles. The van der Waals surface area contributed by atoms with Crippen LogP contribution in [0.1, 0.15) is 18.9 Å². The second-order valence-corrected chi connectivity index (χ2v) is 4.73. The number of hydrogen-bond donors (Lipinski definition) is 0. The minimum Gasteiger partial charge on any atom is -0.375 e. The topological polar surface area (TPSA) is 12.5 Å². The molecule has 2 rings (SSSR count). The maximum atomic E-state index is 5.68. The molecule has 0 radical (unpaired) electrons. The molecule has 1 aliphatic heterocycles. The maximum absolute atomic E-state index is 5.68. The predicted molar refractivity (Wildman–Crippen MR) is 66.3 cm³/mol. The molecule has 1 unspecified atom stereocenters. The summed E-state index contributed by atoms with van der Waals surface area (Å²) in [6.45, 7) is 7.48. The summed E-state index contributed by atoms with van der Waals surface area (Å²) in [5.74, 6) is 0.870. The molecule has 0 aliphatic carbocycles. The molecule has 1 heterocycles. The van der Waals surface area contributed by atoms with Gasteiger partial charge in [0.15, 0.2) is 0 Å². The van der Waals surface area contributed by atoms with Crippen LogP contribution in [0.3, 0.4) is 0 Å². The van der Waals surface area contributed by atoms with Gasteiger partial charge in [0.1, 0.15) is 0 Å². The summed E-state index contributed by atoms with van der Waals surface area (Å²) in [7, 11) is 0. The molecule has 0 bridgehead atoms. The lowest BCUT2D eigenvalue weighted by Crippen LogP contribution is -2.24. The summed E-state index contributed by atoms with van der Waals surface area (Å²) in [6, 6.07) is 10.4. The van der Waals surface area contributed by atoms with Crippen molar-refractivity contribution in [2.24, 2.45) is 5.92 Å². The third kappa shape index (κ3) is 3.62. The van der Waals surface area contributed by atoms with Crippen LogP contribution < -0.4 is 0 Å². The Balaban J connectivity index is 1.59. The molecular formula is C14H21NO. The Bertz CT molecular complexity index is 299. The average molecular weight is 219 g/mol. The quantitative estimate of drug-likeness (QED) is 0.706. The van der Waals surface area contributed by atoms with Crippen LogP contribution in [0, 0.1) is 5.92 Å². The smallest absolute Gasteiger partial charge is 0.0717 e. The van der Waals surface area contributed by atoms with Crippen LogP contribution in [-0.4, -0.2) is 31.1 Å². The highest BCUT2D eigenvalue weighted by Crippen LogP contribution is 2.14. The second-order valence-electron chi connectivity index (χ2n) is 4.73. The van der Waals surface area contributed by atoms with Crippen LogP contribution in [0.5, 0.6) is 0 Å². The summed E-state index contributed by atoms with van der Waals surface area (Å²) >= 11 is 0. The molecule has 16 heavy (non-hydrogen) atoms. The van der Waals surface area contributed by atoms with Crippen LogP contribution in [0.25, 0.3) is 0 Å². The zero-order valence-corrected chi connectivity index (χ0v) is 10.1. The normalized spacial score (nSPS) is 21.4. The van der Waals surface area contributed by atoms with Gasteiger partial charge in [0.2, 0.25) is 0 Å². The number of hydrogen-bond acceptors (Lipinski definition) is 2. The van der Waals surface area contributed by atoms with Crippen LogP contribution in [0.2, 0.25) is 0 Å². The van der Waals surface area contributed by atoms with Crippen molar-refractivity contribution >= 4 is 0 Å². The van der Waals surface area contributed by atoms with E-state index < -0.39 is 0 Å². The molecule has 0 saturated carbocycles. The van der Waals surface area contributed by atoms with E-state index in [1.807, 2.05) is 6.07 Å². The van der Waals surface area contributed by atoms with Gasteiger partial charge in [-0.1, -0.05) is 37.3 Å². The van der Waals surface area contributed by atoms with Gasteiger partial charge >= 0.3 is 0 Å². The van der Waals surface area contributed by atoms with E-state index in [1.165, 1.54) is 25.1 Å². The molecule has 88 valence electrons. The fourth-order valence-corrected chi connectivity index (χ4v) is 2.19. The summed E-state index contributed by atoms with van der Waals surface area (Å²) in [4.78, 5) is 2.50. The van der Waals surface area contributed by atoms with Gasteiger partial charge in [0.25, 0.3) is 0 Å². The van der Waals surface area contributed by atoms with Crippen LogP contribution in [-0.2, 0) is 11.3 Å². The zero-order valence-electron chi connectivity index (χ0n) is 10.1. The monoisotopic (exact) mass is 219 g/mol. The van der Waals surface area contributed by atoms with Crippen LogP contribution in [0.15, 0.2) is 30.3 Å². The Labute approximate surface area is 98.2 Å². The van der Waals surface area contributed by atoms with E-state index in [0.717, 1.165) is 25.7 Å². The van der Waals surface area contributed by atoms with Gasteiger partial charge in [0.05, 0.1) is 13.2 Å². The molecule has 0 amide bonds. The SMILES string of the molecule is CC1CCN(CCOCc2ccccc2)C1. The molecule has 2 nitrogen and oxygen atoms in total. The van der Waals surface area contributed by atoms with E-state index >= 15 is 0 Å². The number of benzene rings is 1. The standard InChI is InChI=1S/C14H21NO/c1-13-7-8-15(11-13)9-10-16-12-14-5-3-2-4-6-14/h2-6,13H,7-12H2,1H3. The molecule has 1 fully saturated rings. The number of nitrogens with zero attached hydrogens (tertiary/aromatic N) is 1. The highest BCUT2D eigenvalue weighted by molar-refractivity contribution is 5.13. The third-order valence-electron chi connectivity index (χ3n) is 3.17. The number of ether oxygens (including phenoxy) is 1. The molecular weight excluding hydrogens is 198 g/mol. The highest BCUT2D eigenvalue weighted by atomic mass is 16.5. The lowest BCUT2D eigenvalue weighted by atomic mass is 10.2. The molecule has 0 spiro atoms. The number of likely N-dealkylation sites (tertiary alicyclic amines) is 1. The van der Waals surface area contributed by atoms with E-state index in [9.17, 15) is 0 Å². The van der Waals surface area contributed by atoms with Crippen molar-refractivity contribution < 1.29 is 4.74 Å². The summed E-state index contributed by atoms with van der Waals surface area (Å²) in [5.41, 5.74) is 1.26. The van der Waals surface area contributed by atoms with Gasteiger partial charge in [0, 0.05) is 13.1 Å². The Morgan fingerprint density at radius 3 is 2.81 bits per heavy atom. The number of rotatable bonds is 5. The first-order valence-electron chi connectivity index (χ1n) is 6.18. The summed E-state index contributed by atoms with van der Waals surface area (Å²) in [5, 5.41) is 0. The lowest BCUT2D eigenvalue weighted by molar-refractivity contribution is 0.0984. The fraction of sp³-hybridized carbons (Fsp3) is 0.571. The van der Waals surface area contributed by atoms with Crippen LogP contribution in [0.4, 0.5) is 0 Å². The second kappa shape index (κ2) is 6.02. The largest absolute Gasteiger partial charge is 0.375 e. The predicted octanol–water partition coefficient (Wildman–Crippen LogP) is 2.55. The Kier molecular flexibility index (Phi) is 4.37. The van der Waals surface area contributed by atoms with Gasteiger partial charge in [-0.25, -0.2) is 0 Å². The van der Waals surface area contributed by atoms with Crippen molar-refractivity contribution in [2.75, 3.05) is 26.2 Å². The van der Waals surface area contributed by atoms with Crippen molar-refractivity contribution in [1.29, 1.82) is 0 Å². The molecule has 1 aromatic rings. The van der Waals surface area contributed by atoms with Gasteiger partial charge in [-0.05, 0) is 24.4 Å². The van der Waals surface area contributed by atoms with E-state index in [1.54, 1.807) is 0 Å². The molecule has 0 aromatic heterocycles. The molecule has 1 aliphatic rings. The first-order chi connectivity index (χ1) is 7.84. The first kappa shape index (κ1) is 11.6. The van der Waals surface area contributed by atoms with Gasteiger partial charge in [-0.2, -0.15) is 0 Å². The van der Waals surface area contributed by atoms with Crippen molar-refractivity contribution in [2.45, 2.75) is 20.0 Å². The van der Waals surface area contributed by atoms with Crippen molar-refractivity contribution in [3.8, 4) is 0 Å². The van der Waals surface area contributed by atoms with E-state index in [2.05, 4.69) is 36.1 Å². The fourth-order valence-electron chi connectivity index (χ4n) is 2.19. The minimum atomic E-state index is 0.740. The van der Waals surface area contributed by atoms with E-state index in [4.69, 9.17) is 4.74 Å². The van der Waals surface area contributed by atoms with Gasteiger partial charge < -0.3 is 9.64 Å². The van der Waals surface area contributed by atoms with Gasteiger partial charge in [-0.15, -0.1) is 0 Å².